The first-order valence-corrected chi connectivity index (χ1v) is 9.73. The Bertz CT molecular complexity index is 1090. The smallest absolute Gasteiger partial charge is 0.315 e. The van der Waals surface area contributed by atoms with E-state index in [1.807, 2.05) is 91.9 Å². The van der Waals surface area contributed by atoms with Crippen LogP contribution < -0.4 is 10.6 Å². The summed E-state index contributed by atoms with van der Waals surface area (Å²) in [5.41, 5.74) is 3.88. The first-order valence-electron chi connectivity index (χ1n) is 9.73. The van der Waals surface area contributed by atoms with Crippen LogP contribution in [0.4, 0.5) is 4.79 Å². The zero-order valence-electron chi connectivity index (χ0n) is 16.6. The molecule has 0 saturated heterocycles. The van der Waals surface area contributed by atoms with Gasteiger partial charge in [0.2, 0.25) is 11.8 Å². The van der Waals surface area contributed by atoms with E-state index in [2.05, 4.69) is 20.8 Å². The highest BCUT2D eigenvalue weighted by Crippen LogP contribution is 2.24. The molecule has 4 rings (SSSR count). The van der Waals surface area contributed by atoms with Gasteiger partial charge < -0.3 is 15.1 Å². The lowest BCUT2D eigenvalue weighted by Gasteiger charge is -2.16. The van der Waals surface area contributed by atoms with Gasteiger partial charge in [0, 0.05) is 12.1 Å². The maximum atomic E-state index is 12.6. The predicted molar refractivity (Wildman–Crippen MR) is 115 cm³/mol. The van der Waals surface area contributed by atoms with E-state index in [9.17, 15) is 4.79 Å². The summed E-state index contributed by atoms with van der Waals surface area (Å²) in [5.74, 6) is 0.735. The lowest BCUT2D eigenvalue weighted by Crippen LogP contribution is -2.38. The van der Waals surface area contributed by atoms with Gasteiger partial charge in [0.15, 0.2) is 0 Å². The summed E-state index contributed by atoms with van der Waals surface area (Å²) in [6, 6.07) is 26.2. The number of amides is 2. The fraction of sp³-hybridized carbons (Fsp3) is 0.125. The predicted octanol–water partition coefficient (Wildman–Crippen LogP) is 4.63. The third-order valence-corrected chi connectivity index (χ3v) is 4.69. The normalized spacial score (nSPS) is 11.6. The number of aromatic nitrogens is 2. The number of urea groups is 1. The number of hydrogen-bond acceptors (Lipinski definition) is 4. The van der Waals surface area contributed by atoms with E-state index < -0.39 is 6.04 Å². The molecule has 1 aromatic heterocycles. The fourth-order valence-electron chi connectivity index (χ4n) is 3.05. The molecule has 2 N–H and O–H groups in total. The van der Waals surface area contributed by atoms with E-state index in [0.29, 0.717) is 18.3 Å². The van der Waals surface area contributed by atoms with Gasteiger partial charge in [0.05, 0.1) is 0 Å². The summed E-state index contributed by atoms with van der Waals surface area (Å²) < 4.78 is 5.90. The van der Waals surface area contributed by atoms with E-state index in [4.69, 9.17) is 4.42 Å². The Morgan fingerprint density at radius 1 is 0.900 bits per heavy atom. The topological polar surface area (TPSA) is 80.0 Å². The van der Waals surface area contributed by atoms with Gasteiger partial charge in [0.1, 0.15) is 6.04 Å². The van der Waals surface area contributed by atoms with Crippen LogP contribution in [0, 0.1) is 6.92 Å². The molecule has 0 bridgehead atoms. The number of rotatable bonds is 6. The molecule has 0 radical (unpaired) electrons. The second kappa shape index (κ2) is 9.05. The zero-order valence-corrected chi connectivity index (χ0v) is 16.6. The average Bonchev–Trinajstić information content (AvgIpc) is 3.28. The molecular weight excluding hydrogens is 376 g/mol. The Kier molecular flexibility index (Phi) is 5.85. The zero-order chi connectivity index (χ0) is 20.8. The van der Waals surface area contributed by atoms with Crippen molar-refractivity contribution in [2.75, 3.05) is 0 Å². The summed E-state index contributed by atoms with van der Waals surface area (Å²) in [5, 5.41) is 14.2. The van der Waals surface area contributed by atoms with Crippen molar-refractivity contribution >= 4 is 6.03 Å². The highest BCUT2D eigenvalue weighted by molar-refractivity contribution is 5.74. The van der Waals surface area contributed by atoms with E-state index in [1.54, 1.807) is 0 Å². The highest BCUT2D eigenvalue weighted by Gasteiger charge is 2.23. The number of carbonyl (C=O) groups is 1. The molecule has 2 amide bonds. The minimum absolute atomic E-state index is 0.316. The van der Waals surface area contributed by atoms with Crippen LogP contribution in [-0.4, -0.2) is 16.2 Å². The SMILES string of the molecule is Cc1ccc(CNC(=O)NC(c2ccccc2)c2nnc(-c3ccccc3)o2)cc1. The molecule has 150 valence electrons. The number of hydrogen-bond donors (Lipinski definition) is 2. The van der Waals surface area contributed by atoms with Crippen molar-refractivity contribution in [1.82, 2.24) is 20.8 Å². The molecule has 6 heteroatoms. The molecule has 0 aliphatic rings. The van der Waals surface area contributed by atoms with Gasteiger partial charge in [-0.2, -0.15) is 0 Å². The molecule has 0 aliphatic heterocycles. The summed E-state index contributed by atoms with van der Waals surface area (Å²) >= 11 is 0. The molecule has 4 aromatic rings. The fourth-order valence-corrected chi connectivity index (χ4v) is 3.05. The summed E-state index contributed by atoms with van der Waals surface area (Å²) in [6.45, 7) is 2.45. The van der Waals surface area contributed by atoms with Crippen molar-refractivity contribution in [2.24, 2.45) is 0 Å². The molecule has 0 fully saturated rings. The Morgan fingerprint density at radius 3 is 2.27 bits per heavy atom. The number of nitrogens with one attached hydrogen (secondary N) is 2. The van der Waals surface area contributed by atoms with E-state index in [0.717, 1.165) is 16.7 Å². The van der Waals surface area contributed by atoms with E-state index in [-0.39, 0.29) is 6.03 Å². The number of carbonyl (C=O) groups excluding carboxylic acids is 1. The number of benzene rings is 3. The Hall–Kier alpha value is -3.93. The van der Waals surface area contributed by atoms with Crippen molar-refractivity contribution < 1.29 is 9.21 Å². The molecular formula is C24H22N4O2. The third kappa shape index (κ3) is 4.72. The van der Waals surface area contributed by atoms with Crippen LogP contribution in [0.3, 0.4) is 0 Å². The summed E-state index contributed by atoms with van der Waals surface area (Å²) in [6.07, 6.45) is 0. The molecule has 1 heterocycles. The van der Waals surface area contributed by atoms with Crippen LogP contribution in [0.1, 0.15) is 28.6 Å². The summed E-state index contributed by atoms with van der Waals surface area (Å²) in [4.78, 5) is 12.6. The van der Waals surface area contributed by atoms with Gasteiger partial charge >= 0.3 is 6.03 Å². The van der Waals surface area contributed by atoms with Crippen molar-refractivity contribution in [3.8, 4) is 11.5 Å². The Balaban J connectivity index is 1.51. The van der Waals surface area contributed by atoms with Crippen LogP contribution in [0.25, 0.3) is 11.5 Å². The average molecular weight is 398 g/mol. The lowest BCUT2D eigenvalue weighted by molar-refractivity contribution is 0.236. The second-order valence-electron chi connectivity index (χ2n) is 6.97. The molecule has 0 saturated carbocycles. The molecule has 6 nitrogen and oxygen atoms in total. The van der Waals surface area contributed by atoms with Crippen molar-refractivity contribution in [2.45, 2.75) is 19.5 Å². The summed E-state index contributed by atoms with van der Waals surface area (Å²) in [7, 11) is 0. The van der Waals surface area contributed by atoms with Gasteiger partial charge in [0.25, 0.3) is 0 Å². The Labute approximate surface area is 175 Å². The number of aryl methyl sites for hydroxylation is 1. The van der Waals surface area contributed by atoms with Crippen LogP contribution in [0.15, 0.2) is 89.3 Å². The van der Waals surface area contributed by atoms with Crippen LogP contribution in [0.5, 0.6) is 0 Å². The lowest BCUT2D eigenvalue weighted by atomic mass is 10.1. The Morgan fingerprint density at radius 2 is 1.57 bits per heavy atom. The van der Waals surface area contributed by atoms with Crippen molar-refractivity contribution in [1.29, 1.82) is 0 Å². The standard InChI is InChI=1S/C24H22N4O2/c1-17-12-14-18(15-13-17)16-25-24(29)26-21(19-8-4-2-5-9-19)23-28-27-22(30-23)20-10-6-3-7-11-20/h2-15,21H,16H2,1H3,(H2,25,26,29). The van der Waals surface area contributed by atoms with Crippen LogP contribution >= 0.6 is 0 Å². The monoisotopic (exact) mass is 398 g/mol. The molecule has 0 aliphatic carbocycles. The highest BCUT2D eigenvalue weighted by atomic mass is 16.4. The molecule has 0 spiro atoms. The van der Waals surface area contributed by atoms with Gasteiger partial charge in [-0.1, -0.05) is 78.4 Å². The quantitative estimate of drug-likeness (QED) is 0.496. The van der Waals surface area contributed by atoms with Gasteiger partial charge in [-0.15, -0.1) is 10.2 Å². The van der Waals surface area contributed by atoms with E-state index >= 15 is 0 Å². The largest absolute Gasteiger partial charge is 0.418 e. The third-order valence-electron chi connectivity index (χ3n) is 4.69. The first kappa shape index (κ1) is 19.4. The first-order chi connectivity index (χ1) is 14.7. The molecule has 3 aromatic carbocycles. The maximum Gasteiger partial charge on any atom is 0.315 e. The van der Waals surface area contributed by atoms with Gasteiger partial charge in [-0.25, -0.2) is 4.79 Å². The molecule has 1 atom stereocenters. The molecule has 30 heavy (non-hydrogen) atoms. The van der Waals surface area contributed by atoms with Crippen LogP contribution in [-0.2, 0) is 6.54 Å². The molecule has 1 unspecified atom stereocenters. The van der Waals surface area contributed by atoms with Crippen LogP contribution in [0.2, 0.25) is 0 Å². The van der Waals surface area contributed by atoms with Gasteiger partial charge in [-0.3, -0.25) is 0 Å². The van der Waals surface area contributed by atoms with E-state index in [1.165, 1.54) is 5.56 Å². The maximum absolute atomic E-state index is 12.6. The second-order valence-corrected chi connectivity index (χ2v) is 6.97. The van der Waals surface area contributed by atoms with Gasteiger partial charge in [-0.05, 0) is 30.2 Å². The number of nitrogens with zero attached hydrogens (tertiary/aromatic N) is 2. The minimum Gasteiger partial charge on any atom is -0.418 e. The van der Waals surface area contributed by atoms with Crippen molar-refractivity contribution in [3.05, 3.63) is 108 Å². The minimum atomic E-state index is -0.561. The van der Waals surface area contributed by atoms with Crippen molar-refractivity contribution in [3.63, 3.8) is 0 Å².